The van der Waals surface area contributed by atoms with E-state index in [4.69, 9.17) is 0 Å². The Kier molecular flexibility index (Phi) is 4.60. The largest absolute Gasteiger partial charge is 0.322 e. The highest BCUT2D eigenvalue weighted by atomic mass is 79.9. The summed E-state index contributed by atoms with van der Waals surface area (Å²) in [4.78, 5) is 12.1. The summed E-state index contributed by atoms with van der Waals surface area (Å²) in [6, 6.07) is 8.09. The van der Waals surface area contributed by atoms with Crippen molar-refractivity contribution in [2.45, 2.75) is 19.8 Å². The monoisotopic (exact) mass is 371 g/mol. The molecule has 0 aliphatic heterocycles. The number of halogens is 4. The summed E-state index contributed by atoms with van der Waals surface area (Å²) in [6.07, 6.45) is 0. The van der Waals surface area contributed by atoms with Crippen molar-refractivity contribution < 1.29 is 18.0 Å². The normalized spacial score (nSPS) is 11.4. The smallest absolute Gasteiger partial charge is 0.271 e. The first-order valence-corrected chi connectivity index (χ1v) is 7.23. The summed E-state index contributed by atoms with van der Waals surface area (Å²) in [5, 5.41) is 2.56. The number of carbonyl (C=O) groups is 1. The standard InChI is InChI=1S/C16H13BrF3NO/c1-9-7-11(4-6-14(9)18)21-15(22)10-3-5-13(17)12(8-10)16(2,19)20/h3-8H,1-2H3,(H,21,22). The van der Waals surface area contributed by atoms with E-state index in [0.717, 1.165) is 13.0 Å². The third-order valence-corrected chi connectivity index (χ3v) is 3.81. The fourth-order valence-corrected chi connectivity index (χ4v) is 2.52. The Labute approximate surface area is 134 Å². The van der Waals surface area contributed by atoms with E-state index in [1.807, 2.05) is 0 Å². The molecule has 2 rings (SSSR count). The van der Waals surface area contributed by atoms with Gasteiger partial charge in [0.2, 0.25) is 0 Å². The second-order valence-corrected chi connectivity index (χ2v) is 5.86. The molecule has 2 aromatic rings. The number of alkyl halides is 2. The third-order valence-electron chi connectivity index (χ3n) is 3.12. The number of rotatable bonds is 3. The van der Waals surface area contributed by atoms with Gasteiger partial charge in [-0.15, -0.1) is 0 Å². The third kappa shape index (κ3) is 3.68. The molecule has 0 fully saturated rings. The molecule has 116 valence electrons. The van der Waals surface area contributed by atoms with Crippen LogP contribution in [0.3, 0.4) is 0 Å². The highest BCUT2D eigenvalue weighted by molar-refractivity contribution is 9.10. The van der Waals surface area contributed by atoms with Crippen molar-refractivity contribution in [3.8, 4) is 0 Å². The summed E-state index contributed by atoms with van der Waals surface area (Å²) < 4.78 is 40.4. The lowest BCUT2D eigenvalue weighted by Crippen LogP contribution is -2.15. The lowest BCUT2D eigenvalue weighted by molar-refractivity contribution is 0.0167. The molecule has 2 nitrogen and oxygen atoms in total. The second kappa shape index (κ2) is 6.12. The van der Waals surface area contributed by atoms with Crippen LogP contribution in [0.2, 0.25) is 0 Å². The molecule has 2 aromatic carbocycles. The van der Waals surface area contributed by atoms with Crippen molar-refractivity contribution >= 4 is 27.5 Å². The van der Waals surface area contributed by atoms with Crippen LogP contribution in [0.5, 0.6) is 0 Å². The van der Waals surface area contributed by atoms with Gasteiger partial charge in [0.15, 0.2) is 0 Å². The number of hydrogen-bond acceptors (Lipinski definition) is 1. The van der Waals surface area contributed by atoms with Crippen molar-refractivity contribution in [1.29, 1.82) is 0 Å². The molecule has 6 heteroatoms. The zero-order valence-electron chi connectivity index (χ0n) is 11.9. The highest BCUT2D eigenvalue weighted by Crippen LogP contribution is 2.33. The number of hydrogen-bond donors (Lipinski definition) is 1. The number of amides is 1. The first-order chi connectivity index (χ1) is 10.2. The topological polar surface area (TPSA) is 29.1 Å². The van der Waals surface area contributed by atoms with Crippen molar-refractivity contribution in [3.63, 3.8) is 0 Å². The van der Waals surface area contributed by atoms with Crippen LogP contribution in [0.25, 0.3) is 0 Å². The molecule has 0 unspecified atom stereocenters. The predicted molar refractivity (Wildman–Crippen MR) is 82.8 cm³/mol. The molecule has 0 heterocycles. The summed E-state index contributed by atoms with van der Waals surface area (Å²) in [6.45, 7) is 2.33. The van der Waals surface area contributed by atoms with Gasteiger partial charge in [0.05, 0.1) is 0 Å². The molecule has 22 heavy (non-hydrogen) atoms. The number of anilines is 1. The minimum atomic E-state index is -3.07. The predicted octanol–water partition coefficient (Wildman–Crippen LogP) is 5.26. The molecule has 0 radical (unpaired) electrons. The Morgan fingerprint density at radius 1 is 1.18 bits per heavy atom. The Morgan fingerprint density at radius 3 is 2.45 bits per heavy atom. The molecule has 0 bridgehead atoms. The van der Waals surface area contributed by atoms with E-state index in [2.05, 4.69) is 21.2 Å². The van der Waals surface area contributed by atoms with Gasteiger partial charge in [0, 0.05) is 28.2 Å². The molecule has 0 spiro atoms. The molecule has 1 N–H and O–H groups in total. The molecule has 0 aliphatic carbocycles. The quantitative estimate of drug-likeness (QED) is 0.783. The number of nitrogens with one attached hydrogen (secondary N) is 1. The van der Waals surface area contributed by atoms with E-state index in [-0.39, 0.29) is 21.4 Å². The minimum absolute atomic E-state index is 0.0988. The van der Waals surface area contributed by atoms with Gasteiger partial charge in [-0.1, -0.05) is 15.9 Å². The molecule has 0 aliphatic rings. The van der Waals surface area contributed by atoms with Gasteiger partial charge in [-0.3, -0.25) is 4.79 Å². The fourth-order valence-electron chi connectivity index (χ4n) is 1.93. The van der Waals surface area contributed by atoms with Crippen molar-refractivity contribution in [3.05, 3.63) is 63.4 Å². The molecular weight excluding hydrogens is 359 g/mol. The SMILES string of the molecule is Cc1cc(NC(=O)c2ccc(Br)c(C(C)(F)F)c2)ccc1F. The van der Waals surface area contributed by atoms with Crippen molar-refractivity contribution in [2.75, 3.05) is 5.32 Å². The highest BCUT2D eigenvalue weighted by Gasteiger charge is 2.28. The maximum atomic E-state index is 13.5. The molecule has 0 aromatic heterocycles. The van der Waals surface area contributed by atoms with Gasteiger partial charge in [-0.2, -0.15) is 0 Å². The van der Waals surface area contributed by atoms with Crippen LogP contribution in [0.1, 0.15) is 28.4 Å². The Hall–Kier alpha value is -1.82. The maximum Gasteiger partial charge on any atom is 0.271 e. The maximum absolute atomic E-state index is 13.5. The Balaban J connectivity index is 2.28. The van der Waals surface area contributed by atoms with Crippen LogP contribution in [0, 0.1) is 12.7 Å². The number of aryl methyl sites for hydroxylation is 1. The number of benzene rings is 2. The first kappa shape index (κ1) is 16.5. The van der Waals surface area contributed by atoms with Crippen LogP contribution in [0.15, 0.2) is 40.9 Å². The first-order valence-electron chi connectivity index (χ1n) is 6.44. The second-order valence-electron chi connectivity index (χ2n) is 5.00. The van der Waals surface area contributed by atoms with Gasteiger partial charge in [-0.25, -0.2) is 13.2 Å². The minimum Gasteiger partial charge on any atom is -0.322 e. The lowest BCUT2D eigenvalue weighted by Gasteiger charge is -2.14. The van der Waals surface area contributed by atoms with Crippen LogP contribution < -0.4 is 5.32 Å². The molecule has 0 saturated carbocycles. The van der Waals surface area contributed by atoms with Gasteiger partial charge in [0.1, 0.15) is 5.82 Å². The van der Waals surface area contributed by atoms with E-state index < -0.39 is 11.8 Å². The zero-order valence-corrected chi connectivity index (χ0v) is 13.5. The number of carbonyl (C=O) groups excluding carboxylic acids is 1. The van der Waals surface area contributed by atoms with Crippen molar-refractivity contribution in [1.82, 2.24) is 0 Å². The summed E-state index contributed by atoms with van der Waals surface area (Å²) in [7, 11) is 0. The van der Waals surface area contributed by atoms with Crippen molar-refractivity contribution in [2.24, 2.45) is 0 Å². The lowest BCUT2D eigenvalue weighted by atomic mass is 10.1. The van der Waals surface area contributed by atoms with Gasteiger partial charge >= 0.3 is 0 Å². The van der Waals surface area contributed by atoms with Crippen LogP contribution >= 0.6 is 15.9 Å². The van der Waals surface area contributed by atoms with Crippen LogP contribution in [0.4, 0.5) is 18.9 Å². The van der Waals surface area contributed by atoms with Gasteiger partial charge in [0.25, 0.3) is 11.8 Å². The van der Waals surface area contributed by atoms with E-state index in [9.17, 15) is 18.0 Å². The molecule has 0 atom stereocenters. The Morgan fingerprint density at radius 2 is 1.86 bits per heavy atom. The summed E-state index contributed by atoms with van der Waals surface area (Å²) >= 11 is 3.05. The van der Waals surface area contributed by atoms with Crippen LogP contribution in [-0.4, -0.2) is 5.91 Å². The molecule has 0 saturated heterocycles. The molecular formula is C16H13BrF3NO. The van der Waals surface area contributed by atoms with Gasteiger partial charge in [-0.05, 0) is 48.9 Å². The van der Waals surface area contributed by atoms with E-state index >= 15 is 0 Å². The summed E-state index contributed by atoms with van der Waals surface area (Å²) in [5.41, 5.74) is 0.614. The Bertz CT molecular complexity index is 726. The van der Waals surface area contributed by atoms with E-state index in [1.165, 1.54) is 30.3 Å². The van der Waals surface area contributed by atoms with E-state index in [0.29, 0.717) is 11.3 Å². The van der Waals surface area contributed by atoms with E-state index in [1.54, 1.807) is 6.92 Å². The zero-order chi connectivity index (χ0) is 16.5. The average molecular weight is 372 g/mol. The molecule has 1 amide bonds. The fraction of sp³-hybridized carbons (Fsp3) is 0.188. The average Bonchev–Trinajstić information content (AvgIpc) is 2.42. The van der Waals surface area contributed by atoms with Crippen LogP contribution in [-0.2, 0) is 5.92 Å². The summed E-state index contributed by atoms with van der Waals surface area (Å²) in [5.74, 6) is -3.99. The van der Waals surface area contributed by atoms with Gasteiger partial charge < -0.3 is 5.32 Å².